The molecular formula is C9H12VY-2. The second-order valence-corrected chi connectivity index (χ2v) is 1.99. The predicted molar refractivity (Wildman–Crippen MR) is 42.1 cm³/mol. The number of hydrogen-bond acceptors (Lipinski definition) is 0. The molecule has 0 aliphatic heterocycles. The summed E-state index contributed by atoms with van der Waals surface area (Å²) in [5.74, 6) is 0. The van der Waals surface area contributed by atoms with Crippen LogP contribution in [0, 0.1) is 21.3 Å². The predicted octanol–water partition coefficient (Wildman–Crippen LogP) is 2.62. The van der Waals surface area contributed by atoms with Crippen molar-refractivity contribution in [1.29, 1.82) is 0 Å². The van der Waals surface area contributed by atoms with E-state index in [1.165, 1.54) is 5.56 Å². The Morgan fingerprint density at radius 1 is 1.27 bits per heavy atom. The maximum Gasteiger partial charge on any atom is 0 e. The molecule has 2 radical (unpaired) electrons. The van der Waals surface area contributed by atoms with Crippen LogP contribution in [0.2, 0.25) is 0 Å². The fourth-order valence-corrected chi connectivity index (χ4v) is 0.712. The van der Waals surface area contributed by atoms with Gasteiger partial charge in [-0.05, 0) is 0 Å². The van der Waals surface area contributed by atoms with E-state index in [4.69, 9.17) is 0 Å². The maximum atomic E-state index is 3.78. The molecule has 0 nitrogen and oxygen atoms in total. The minimum atomic E-state index is 0. The van der Waals surface area contributed by atoms with Gasteiger partial charge >= 0.3 is 0 Å². The summed E-state index contributed by atoms with van der Waals surface area (Å²) in [4.78, 5) is 0. The zero-order chi connectivity index (χ0) is 5.98. The normalized spacial score (nSPS) is 6.64. The maximum absolute atomic E-state index is 3.78. The third-order valence-corrected chi connectivity index (χ3v) is 1.08. The Morgan fingerprint density at radius 2 is 1.82 bits per heavy atom. The smallest absolute Gasteiger partial charge is 0 e. The zero-order valence-corrected chi connectivity index (χ0v) is 11.3. The van der Waals surface area contributed by atoms with Gasteiger partial charge in [0, 0.05) is 51.3 Å². The molecule has 0 bridgehead atoms. The van der Waals surface area contributed by atoms with Crippen molar-refractivity contribution in [2.24, 2.45) is 0 Å². The molecule has 0 spiro atoms. The van der Waals surface area contributed by atoms with Crippen molar-refractivity contribution in [1.82, 2.24) is 0 Å². The van der Waals surface area contributed by atoms with Gasteiger partial charge < -0.3 is 7.43 Å². The molecule has 2 heteroatoms. The molecule has 0 aromatic heterocycles. The quantitative estimate of drug-likeness (QED) is 0.629. The van der Waals surface area contributed by atoms with E-state index in [9.17, 15) is 0 Å². The van der Waals surface area contributed by atoms with Crippen LogP contribution in [0.3, 0.4) is 0 Å². The zero-order valence-electron chi connectivity index (χ0n) is 7.04. The molecule has 1 aromatic rings. The molecule has 1 rings (SSSR count). The van der Waals surface area contributed by atoms with Gasteiger partial charge in [0.25, 0.3) is 0 Å². The summed E-state index contributed by atoms with van der Waals surface area (Å²) in [6.45, 7) is 5.85. The van der Waals surface area contributed by atoms with Gasteiger partial charge in [-0.2, -0.15) is 24.6 Å². The molecule has 0 aliphatic carbocycles. The molecule has 0 heterocycles. The van der Waals surface area contributed by atoms with Gasteiger partial charge in [0.05, 0.1) is 0 Å². The van der Waals surface area contributed by atoms with Crippen molar-refractivity contribution >= 4 is 0 Å². The first-order valence-electron chi connectivity index (χ1n) is 2.67. The summed E-state index contributed by atoms with van der Waals surface area (Å²) in [6.07, 6.45) is 0. The van der Waals surface area contributed by atoms with E-state index in [1.807, 2.05) is 12.1 Å². The van der Waals surface area contributed by atoms with Gasteiger partial charge in [-0.25, -0.2) is 0 Å². The molecule has 0 unspecified atom stereocenters. The van der Waals surface area contributed by atoms with E-state index in [0.29, 0.717) is 0 Å². The van der Waals surface area contributed by atoms with E-state index in [-0.39, 0.29) is 58.7 Å². The van der Waals surface area contributed by atoms with Crippen molar-refractivity contribution < 1.29 is 51.3 Å². The van der Waals surface area contributed by atoms with Crippen LogP contribution >= 0.6 is 0 Å². The monoisotopic (exact) mass is 260 g/mol. The Labute approximate surface area is 107 Å². The van der Waals surface area contributed by atoms with Crippen LogP contribution in [0.5, 0.6) is 0 Å². The minimum Gasteiger partial charge on any atom is -0.358 e. The Morgan fingerprint density at radius 3 is 2.09 bits per heavy atom. The molecular weight excluding hydrogens is 248 g/mol. The average Bonchev–Trinajstić information content (AvgIpc) is 1.64. The van der Waals surface area contributed by atoms with Gasteiger partial charge in [0.2, 0.25) is 0 Å². The fourth-order valence-electron chi connectivity index (χ4n) is 0.712. The van der Waals surface area contributed by atoms with E-state index in [2.05, 4.69) is 26.0 Å². The molecule has 11 heavy (non-hydrogen) atoms. The van der Waals surface area contributed by atoms with Crippen LogP contribution in [0.1, 0.15) is 11.1 Å². The van der Waals surface area contributed by atoms with E-state index < -0.39 is 0 Å². The standard InChI is InChI=1S/C8H9.CH3.V.Y/c1-7-4-3-5-8(2)6-7;;;/h3-6H,1H2,2H3;1H3;;/q2*-1;;. The first kappa shape index (κ1) is 17.8. The van der Waals surface area contributed by atoms with Crippen LogP contribution in [0.15, 0.2) is 24.3 Å². The second kappa shape index (κ2) is 8.87. The molecule has 0 atom stereocenters. The van der Waals surface area contributed by atoms with E-state index in [1.54, 1.807) is 0 Å². The molecule has 1 aromatic carbocycles. The Kier molecular flexibility index (Phi) is 14.3. The molecule has 0 N–H and O–H groups in total. The minimum absolute atomic E-state index is 0. The summed E-state index contributed by atoms with van der Waals surface area (Å²) in [5.41, 5.74) is 2.36. The molecule has 0 fully saturated rings. The molecule has 58 valence electrons. The molecule has 0 aliphatic rings. The van der Waals surface area contributed by atoms with Gasteiger partial charge in [-0.15, -0.1) is 11.6 Å². The number of benzene rings is 1. The molecule has 0 amide bonds. The topological polar surface area (TPSA) is 0 Å². The molecule has 0 saturated heterocycles. The summed E-state index contributed by atoms with van der Waals surface area (Å²) < 4.78 is 0. The van der Waals surface area contributed by atoms with Crippen LogP contribution in [-0.2, 0) is 51.3 Å². The van der Waals surface area contributed by atoms with Crippen LogP contribution in [0.25, 0.3) is 0 Å². The van der Waals surface area contributed by atoms with Crippen molar-refractivity contribution in [2.75, 3.05) is 0 Å². The number of aryl methyl sites for hydroxylation is 1. The summed E-state index contributed by atoms with van der Waals surface area (Å²) in [6, 6.07) is 8.12. The van der Waals surface area contributed by atoms with Crippen molar-refractivity contribution in [2.45, 2.75) is 6.92 Å². The van der Waals surface area contributed by atoms with Gasteiger partial charge in [-0.3, -0.25) is 0 Å². The Hall–Kier alpha value is 0.778. The Bertz CT molecular complexity index is 169. The fraction of sp³-hybridized carbons (Fsp3) is 0.111. The van der Waals surface area contributed by atoms with Crippen LogP contribution < -0.4 is 0 Å². The number of hydrogen-bond donors (Lipinski definition) is 0. The SMILES string of the molecule is [CH2-]c1cccc(C)c1.[CH3-].[V].[Y]. The van der Waals surface area contributed by atoms with E-state index >= 15 is 0 Å². The van der Waals surface area contributed by atoms with Crippen molar-refractivity contribution in [3.05, 3.63) is 49.7 Å². The van der Waals surface area contributed by atoms with Crippen molar-refractivity contribution in [3.8, 4) is 0 Å². The third-order valence-electron chi connectivity index (χ3n) is 1.08. The summed E-state index contributed by atoms with van der Waals surface area (Å²) >= 11 is 0. The number of rotatable bonds is 0. The van der Waals surface area contributed by atoms with E-state index in [0.717, 1.165) is 5.56 Å². The Balaban J connectivity index is -0.000000213. The average molecular weight is 260 g/mol. The molecule has 0 saturated carbocycles. The van der Waals surface area contributed by atoms with Crippen molar-refractivity contribution in [3.63, 3.8) is 0 Å². The first-order valence-corrected chi connectivity index (χ1v) is 2.67. The van der Waals surface area contributed by atoms with Gasteiger partial charge in [0.1, 0.15) is 0 Å². The van der Waals surface area contributed by atoms with Gasteiger partial charge in [-0.1, -0.05) is 13.0 Å². The largest absolute Gasteiger partial charge is 0.358 e. The van der Waals surface area contributed by atoms with Gasteiger partial charge in [0.15, 0.2) is 0 Å². The van der Waals surface area contributed by atoms with Crippen LogP contribution in [-0.4, -0.2) is 0 Å². The summed E-state index contributed by atoms with van der Waals surface area (Å²) in [5, 5.41) is 0. The summed E-state index contributed by atoms with van der Waals surface area (Å²) in [7, 11) is 0. The van der Waals surface area contributed by atoms with Crippen LogP contribution in [0.4, 0.5) is 0 Å². The second-order valence-electron chi connectivity index (χ2n) is 1.99. The first-order chi connectivity index (χ1) is 3.79. The third kappa shape index (κ3) is 7.15.